The quantitative estimate of drug-likeness (QED) is 0.667. The molecule has 134 valence electrons. The van der Waals surface area contributed by atoms with E-state index in [0.717, 1.165) is 8.66 Å². The molecular weight excluding hydrogens is 426 g/mol. The predicted molar refractivity (Wildman–Crippen MR) is 105 cm³/mol. The van der Waals surface area contributed by atoms with E-state index >= 15 is 0 Å². The molecule has 0 fully saturated rings. The third kappa shape index (κ3) is 5.73. The van der Waals surface area contributed by atoms with Crippen LogP contribution < -0.4 is 11.1 Å². The normalized spacial score (nSPS) is 11.8. The first-order chi connectivity index (χ1) is 11.9. The zero-order valence-electron chi connectivity index (χ0n) is 13.7. The molecule has 0 saturated carbocycles. The summed E-state index contributed by atoms with van der Waals surface area (Å²) in [5.41, 5.74) is 5.94. The Morgan fingerprint density at radius 3 is 2.60 bits per heavy atom. The number of hydrogen-bond donors (Lipinski definition) is 2. The standard InChI is InChI=1S/C17H19BrClN3O2S/c1-2-22(10-11-7-8-15(18)25-11)16(23)9-14(21-17(20)24)12-5-3-4-6-13(12)19/h3-8,14H,2,9-10H2,1H3,(H3,20,21,24)/t14-/m1/s1. The molecule has 1 aromatic heterocycles. The Hall–Kier alpha value is -1.57. The van der Waals surface area contributed by atoms with Crippen LogP contribution in [0, 0.1) is 0 Å². The van der Waals surface area contributed by atoms with Crippen molar-refractivity contribution in [3.63, 3.8) is 0 Å². The molecule has 1 aromatic carbocycles. The smallest absolute Gasteiger partial charge is 0.312 e. The first-order valence-corrected chi connectivity index (χ1v) is 9.71. The maximum absolute atomic E-state index is 12.7. The van der Waals surface area contributed by atoms with Crippen molar-refractivity contribution in [2.24, 2.45) is 5.73 Å². The third-order valence-corrected chi connectivity index (χ3v) is 5.64. The van der Waals surface area contributed by atoms with Crippen molar-refractivity contribution < 1.29 is 9.59 Å². The Kier molecular flexibility index (Phi) is 7.28. The molecule has 2 rings (SSSR count). The zero-order valence-corrected chi connectivity index (χ0v) is 16.8. The number of rotatable bonds is 7. The lowest BCUT2D eigenvalue weighted by molar-refractivity contribution is -0.132. The summed E-state index contributed by atoms with van der Waals surface area (Å²) in [6.07, 6.45) is 0.0903. The molecule has 0 aliphatic heterocycles. The van der Waals surface area contributed by atoms with Gasteiger partial charge >= 0.3 is 6.03 Å². The van der Waals surface area contributed by atoms with Gasteiger partial charge in [0.1, 0.15) is 0 Å². The average molecular weight is 445 g/mol. The van der Waals surface area contributed by atoms with Crippen molar-refractivity contribution in [3.8, 4) is 0 Å². The van der Waals surface area contributed by atoms with Crippen LogP contribution in [0.1, 0.15) is 29.8 Å². The number of hydrogen-bond acceptors (Lipinski definition) is 3. The van der Waals surface area contributed by atoms with Gasteiger partial charge in [-0.25, -0.2) is 4.79 Å². The maximum atomic E-state index is 12.7. The summed E-state index contributed by atoms with van der Waals surface area (Å²) < 4.78 is 1.02. The van der Waals surface area contributed by atoms with Crippen LogP contribution in [0.5, 0.6) is 0 Å². The minimum Gasteiger partial charge on any atom is -0.352 e. The summed E-state index contributed by atoms with van der Waals surface area (Å²) in [5, 5.41) is 3.10. The SMILES string of the molecule is CCN(Cc1ccc(Br)s1)C(=O)C[C@@H](NC(N)=O)c1ccccc1Cl. The Bertz CT molecular complexity index is 753. The Balaban J connectivity index is 2.14. The number of amides is 3. The van der Waals surface area contributed by atoms with Gasteiger partial charge in [-0.15, -0.1) is 11.3 Å². The van der Waals surface area contributed by atoms with Gasteiger partial charge in [0.2, 0.25) is 5.91 Å². The number of nitrogens with zero attached hydrogens (tertiary/aromatic N) is 1. The molecule has 2 aromatic rings. The van der Waals surface area contributed by atoms with Gasteiger partial charge in [-0.2, -0.15) is 0 Å². The second-order valence-electron chi connectivity index (χ2n) is 5.40. The Morgan fingerprint density at radius 1 is 1.32 bits per heavy atom. The van der Waals surface area contributed by atoms with Crippen molar-refractivity contribution in [1.29, 1.82) is 0 Å². The van der Waals surface area contributed by atoms with E-state index in [1.54, 1.807) is 34.4 Å². The molecule has 0 spiro atoms. The van der Waals surface area contributed by atoms with E-state index in [0.29, 0.717) is 23.7 Å². The van der Waals surface area contributed by atoms with E-state index < -0.39 is 12.1 Å². The van der Waals surface area contributed by atoms with Crippen molar-refractivity contribution in [2.75, 3.05) is 6.54 Å². The lowest BCUT2D eigenvalue weighted by Gasteiger charge is -2.24. The van der Waals surface area contributed by atoms with Crippen LogP contribution in [0.15, 0.2) is 40.2 Å². The van der Waals surface area contributed by atoms with Crippen molar-refractivity contribution >= 4 is 50.8 Å². The highest BCUT2D eigenvalue weighted by atomic mass is 79.9. The molecule has 0 saturated heterocycles. The molecule has 0 aliphatic rings. The number of carbonyl (C=O) groups is 2. The number of benzene rings is 1. The summed E-state index contributed by atoms with van der Waals surface area (Å²) in [6, 6.07) is 9.79. The summed E-state index contributed by atoms with van der Waals surface area (Å²) in [6.45, 7) is 3.02. The van der Waals surface area contributed by atoms with Gasteiger partial charge in [0, 0.05) is 16.4 Å². The van der Waals surface area contributed by atoms with Crippen molar-refractivity contribution in [1.82, 2.24) is 10.2 Å². The van der Waals surface area contributed by atoms with Crippen LogP contribution in [0.2, 0.25) is 5.02 Å². The second-order valence-corrected chi connectivity index (χ2v) is 8.36. The van der Waals surface area contributed by atoms with Gasteiger partial charge in [0.15, 0.2) is 0 Å². The number of nitrogens with one attached hydrogen (secondary N) is 1. The first-order valence-electron chi connectivity index (χ1n) is 7.73. The van der Waals surface area contributed by atoms with Crippen LogP contribution in [-0.4, -0.2) is 23.4 Å². The van der Waals surface area contributed by atoms with Gasteiger partial charge in [-0.3, -0.25) is 4.79 Å². The van der Waals surface area contributed by atoms with E-state index in [2.05, 4.69) is 21.2 Å². The highest BCUT2D eigenvalue weighted by Gasteiger charge is 2.23. The van der Waals surface area contributed by atoms with Gasteiger partial charge in [-0.1, -0.05) is 29.8 Å². The van der Waals surface area contributed by atoms with E-state index in [1.807, 2.05) is 25.1 Å². The molecule has 1 atom stereocenters. The molecule has 0 bridgehead atoms. The minimum absolute atomic E-state index is 0.0781. The third-order valence-electron chi connectivity index (χ3n) is 3.69. The highest BCUT2D eigenvalue weighted by Crippen LogP contribution is 2.27. The molecule has 3 amide bonds. The van der Waals surface area contributed by atoms with Crippen LogP contribution in [-0.2, 0) is 11.3 Å². The predicted octanol–water partition coefficient (Wildman–Crippen LogP) is 4.31. The molecule has 3 N–H and O–H groups in total. The molecule has 1 heterocycles. The fraction of sp³-hybridized carbons (Fsp3) is 0.294. The molecule has 8 heteroatoms. The molecule has 0 unspecified atom stereocenters. The number of nitrogens with two attached hydrogens (primary N) is 1. The van der Waals surface area contributed by atoms with Gasteiger partial charge < -0.3 is 16.0 Å². The van der Waals surface area contributed by atoms with E-state index in [-0.39, 0.29) is 12.3 Å². The lowest BCUT2D eigenvalue weighted by atomic mass is 10.0. The van der Waals surface area contributed by atoms with Crippen molar-refractivity contribution in [3.05, 3.63) is 55.6 Å². The van der Waals surface area contributed by atoms with Crippen LogP contribution in [0.25, 0.3) is 0 Å². The summed E-state index contributed by atoms with van der Waals surface area (Å²) in [4.78, 5) is 26.9. The molecule has 0 aliphatic carbocycles. The molecular formula is C17H19BrClN3O2S. The summed E-state index contributed by atoms with van der Waals surface area (Å²) in [5.74, 6) is -0.0781. The second kappa shape index (κ2) is 9.22. The zero-order chi connectivity index (χ0) is 18.4. The summed E-state index contributed by atoms with van der Waals surface area (Å²) >= 11 is 11.2. The molecule has 0 radical (unpaired) electrons. The number of halogens is 2. The lowest BCUT2D eigenvalue weighted by Crippen LogP contribution is -2.38. The topological polar surface area (TPSA) is 75.4 Å². The fourth-order valence-corrected chi connectivity index (χ4v) is 4.24. The Morgan fingerprint density at radius 2 is 2.04 bits per heavy atom. The van der Waals surface area contributed by atoms with Gasteiger partial charge in [0.05, 0.1) is 22.8 Å². The van der Waals surface area contributed by atoms with E-state index in [1.165, 1.54) is 0 Å². The Labute approximate surface area is 164 Å². The average Bonchev–Trinajstić information content (AvgIpc) is 2.97. The number of primary amides is 1. The molecule has 25 heavy (non-hydrogen) atoms. The van der Waals surface area contributed by atoms with E-state index in [9.17, 15) is 9.59 Å². The maximum Gasteiger partial charge on any atom is 0.312 e. The monoisotopic (exact) mass is 443 g/mol. The van der Waals surface area contributed by atoms with Gasteiger partial charge in [0.25, 0.3) is 0 Å². The molecule has 5 nitrogen and oxygen atoms in total. The number of urea groups is 1. The van der Waals surface area contributed by atoms with Crippen LogP contribution in [0.4, 0.5) is 4.79 Å². The highest BCUT2D eigenvalue weighted by molar-refractivity contribution is 9.11. The fourth-order valence-electron chi connectivity index (χ4n) is 2.47. The largest absolute Gasteiger partial charge is 0.352 e. The number of thiophene rings is 1. The first kappa shape index (κ1) is 19.8. The van der Waals surface area contributed by atoms with Gasteiger partial charge in [-0.05, 0) is 46.6 Å². The van der Waals surface area contributed by atoms with E-state index in [4.69, 9.17) is 17.3 Å². The van der Waals surface area contributed by atoms with Crippen LogP contribution >= 0.6 is 38.9 Å². The van der Waals surface area contributed by atoms with Crippen LogP contribution in [0.3, 0.4) is 0 Å². The number of carbonyl (C=O) groups excluding carboxylic acids is 2. The minimum atomic E-state index is -0.692. The summed E-state index contributed by atoms with van der Waals surface area (Å²) in [7, 11) is 0. The van der Waals surface area contributed by atoms with Crippen molar-refractivity contribution in [2.45, 2.75) is 25.9 Å².